The third-order valence-corrected chi connectivity index (χ3v) is 4.85. The molecule has 0 aromatic carbocycles. The molecular formula is C15H25N5O. The van der Waals surface area contributed by atoms with Crippen LogP contribution in [0, 0.1) is 6.92 Å². The standard InChI is InChI=1S/C15H25N5O/c1-11-5-3-4-10-19(11)15(21)14-12(2)20(18-17-14)13-6-8-16-9-7-13/h11,13,16H,3-10H2,1-2H3. The second kappa shape index (κ2) is 6.13. The van der Waals surface area contributed by atoms with Gasteiger partial charge in [-0.2, -0.15) is 0 Å². The van der Waals surface area contributed by atoms with E-state index in [2.05, 4.69) is 22.6 Å². The van der Waals surface area contributed by atoms with Gasteiger partial charge in [-0.1, -0.05) is 5.21 Å². The van der Waals surface area contributed by atoms with E-state index in [0.29, 0.717) is 17.8 Å². The minimum atomic E-state index is 0.0554. The van der Waals surface area contributed by atoms with E-state index < -0.39 is 0 Å². The van der Waals surface area contributed by atoms with Crippen molar-refractivity contribution in [2.75, 3.05) is 19.6 Å². The molecule has 1 unspecified atom stereocenters. The first-order valence-electron chi connectivity index (χ1n) is 8.12. The molecule has 116 valence electrons. The van der Waals surface area contributed by atoms with E-state index in [-0.39, 0.29) is 5.91 Å². The van der Waals surface area contributed by atoms with Crippen molar-refractivity contribution in [3.8, 4) is 0 Å². The van der Waals surface area contributed by atoms with Crippen LogP contribution in [-0.4, -0.2) is 51.5 Å². The zero-order chi connectivity index (χ0) is 14.8. The number of amides is 1. The Bertz CT molecular complexity index is 506. The van der Waals surface area contributed by atoms with Gasteiger partial charge in [0.25, 0.3) is 5.91 Å². The Hall–Kier alpha value is -1.43. The van der Waals surface area contributed by atoms with Crippen LogP contribution in [0.4, 0.5) is 0 Å². The zero-order valence-electron chi connectivity index (χ0n) is 13.0. The van der Waals surface area contributed by atoms with E-state index in [9.17, 15) is 4.79 Å². The summed E-state index contributed by atoms with van der Waals surface area (Å²) < 4.78 is 1.96. The fraction of sp³-hybridized carbons (Fsp3) is 0.800. The first-order valence-corrected chi connectivity index (χ1v) is 8.12. The van der Waals surface area contributed by atoms with Crippen molar-refractivity contribution in [2.24, 2.45) is 0 Å². The van der Waals surface area contributed by atoms with E-state index in [1.165, 1.54) is 6.42 Å². The number of nitrogens with one attached hydrogen (secondary N) is 1. The monoisotopic (exact) mass is 291 g/mol. The van der Waals surface area contributed by atoms with E-state index in [1.807, 2.05) is 16.5 Å². The Kier molecular flexibility index (Phi) is 4.24. The first kappa shape index (κ1) is 14.5. The van der Waals surface area contributed by atoms with Crippen LogP contribution in [0.1, 0.15) is 61.3 Å². The molecule has 2 fully saturated rings. The summed E-state index contributed by atoms with van der Waals surface area (Å²) in [5, 5.41) is 11.8. The average Bonchev–Trinajstić information content (AvgIpc) is 2.90. The second-order valence-electron chi connectivity index (χ2n) is 6.29. The maximum Gasteiger partial charge on any atom is 0.276 e. The summed E-state index contributed by atoms with van der Waals surface area (Å²) in [6.45, 7) is 6.97. The number of likely N-dealkylation sites (tertiary alicyclic amines) is 1. The maximum atomic E-state index is 12.7. The van der Waals surface area contributed by atoms with Crippen LogP contribution in [-0.2, 0) is 0 Å². The summed E-state index contributed by atoms with van der Waals surface area (Å²) in [6, 6.07) is 0.689. The van der Waals surface area contributed by atoms with Gasteiger partial charge in [0.05, 0.1) is 11.7 Å². The molecule has 0 saturated carbocycles. The zero-order valence-corrected chi connectivity index (χ0v) is 13.0. The minimum Gasteiger partial charge on any atom is -0.334 e. The van der Waals surface area contributed by atoms with Crippen molar-refractivity contribution >= 4 is 5.91 Å². The van der Waals surface area contributed by atoms with Gasteiger partial charge in [0.15, 0.2) is 5.69 Å². The highest BCUT2D eigenvalue weighted by atomic mass is 16.2. The van der Waals surface area contributed by atoms with Gasteiger partial charge in [0.2, 0.25) is 0 Å². The molecule has 21 heavy (non-hydrogen) atoms. The molecule has 0 aliphatic carbocycles. The van der Waals surface area contributed by atoms with Gasteiger partial charge in [0.1, 0.15) is 0 Å². The van der Waals surface area contributed by atoms with Gasteiger partial charge in [-0.15, -0.1) is 5.10 Å². The summed E-state index contributed by atoms with van der Waals surface area (Å²) in [6.07, 6.45) is 5.51. The highest BCUT2D eigenvalue weighted by Gasteiger charge is 2.29. The number of carbonyl (C=O) groups excluding carboxylic acids is 1. The number of hydrogen-bond acceptors (Lipinski definition) is 4. The van der Waals surface area contributed by atoms with E-state index in [0.717, 1.165) is 51.0 Å². The van der Waals surface area contributed by atoms with Crippen LogP contribution in [0.15, 0.2) is 0 Å². The van der Waals surface area contributed by atoms with Crippen molar-refractivity contribution in [1.29, 1.82) is 0 Å². The smallest absolute Gasteiger partial charge is 0.276 e. The molecular weight excluding hydrogens is 266 g/mol. The molecule has 2 aliphatic rings. The largest absolute Gasteiger partial charge is 0.334 e. The van der Waals surface area contributed by atoms with Crippen LogP contribution in [0.5, 0.6) is 0 Å². The molecule has 3 rings (SSSR count). The Morgan fingerprint density at radius 2 is 2.00 bits per heavy atom. The van der Waals surface area contributed by atoms with E-state index >= 15 is 0 Å². The molecule has 1 amide bonds. The summed E-state index contributed by atoms with van der Waals surface area (Å²) in [4.78, 5) is 14.7. The third-order valence-electron chi connectivity index (χ3n) is 4.85. The van der Waals surface area contributed by atoms with E-state index in [4.69, 9.17) is 0 Å². The Morgan fingerprint density at radius 3 is 2.71 bits per heavy atom. The highest BCUT2D eigenvalue weighted by molar-refractivity contribution is 5.93. The molecule has 1 atom stereocenters. The van der Waals surface area contributed by atoms with Gasteiger partial charge >= 0.3 is 0 Å². The normalized spacial score (nSPS) is 24.3. The lowest BCUT2D eigenvalue weighted by molar-refractivity contribution is 0.0628. The summed E-state index contributed by atoms with van der Waals surface area (Å²) in [5.74, 6) is 0.0554. The molecule has 3 heterocycles. The van der Waals surface area contributed by atoms with Crippen LogP contribution in [0.2, 0.25) is 0 Å². The fourth-order valence-electron chi connectivity index (χ4n) is 3.47. The SMILES string of the molecule is Cc1c(C(=O)N2CCCCC2C)nnn1C1CCNCC1. The van der Waals surface area contributed by atoms with E-state index in [1.54, 1.807) is 0 Å². The van der Waals surface area contributed by atoms with Crippen LogP contribution in [0.25, 0.3) is 0 Å². The van der Waals surface area contributed by atoms with Crippen LogP contribution < -0.4 is 5.32 Å². The summed E-state index contributed by atoms with van der Waals surface area (Å²) >= 11 is 0. The molecule has 0 radical (unpaired) electrons. The summed E-state index contributed by atoms with van der Waals surface area (Å²) in [5.41, 5.74) is 1.46. The minimum absolute atomic E-state index is 0.0554. The van der Waals surface area contributed by atoms with Crippen molar-refractivity contribution in [3.05, 3.63) is 11.4 Å². The lowest BCUT2D eigenvalue weighted by Gasteiger charge is -2.33. The van der Waals surface area contributed by atoms with Crippen molar-refractivity contribution in [3.63, 3.8) is 0 Å². The summed E-state index contributed by atoms with van der Waals surface area (Å²) in [7, 11) is 0. The molecule has 1 aromatic rings. The number of nitrogens with zero attached hydrogens (tertiary/aromatic N) is 4. The Morgan fingerprint density at radius 1 is 1.24 bits per heavy atom. The highest BCUT2D eigenvalue weighted by Crippen LogP contribution is 2.23. The molecule has 0 spiro atoms. The van der Waals surface area contributed by atoms with Gasteiger partial charge in [0, 0.05) is 12.6 Å². The van der Waals surface area contributed by atoms with Gasteiger partial charge < -0.3 is 10.2 Å². The number of carbonyl (C=O) groups is 1. The van der Waals surface area contributed by atoms with Gasteiger partial charge in [-0.3, -0.25) is 4.79 Å². The van der Waals surface area contributed by atoms with Crippen molar-refractivity contribution in [2.45, 2.75) is 58.0 Å². The predicted octanol–water partition coefficient (Wildman–Crippen LogP) is 1.53. The topological polar surface area (TPSA) is 63.1 Å². The first-order chi connectivity index (χ1) is 10.2. The maximum absolute atomic E-state index is 12.7. The number of piperidine rings is 2. The Labute approximate surface area is 125 Å². The van der Waals surface area contributed by atoms with Gasteiger partial charge in [-0.05, 0) is 59.0 Å². The molecule has 1 N–H and O–H groups in total. The lowest BCUT2D eigenvalue weighted by atomic mass is 10.0. The average molecular weight is 291 g/mol. The molecule has 0 bridgehead atoms. The fourth-order valence-corrected chi connectivity index (χ4v) is 3.47. The molecule has 2 aliphatic heterocycles. The number of aromatic nitrogens is 3. The van der Waals surface area contributed by atoms with Crippen molar-refractivity contribution in [1.82, 2.24) is 25.2 Å². The third kappa shape index (κ3) is 2.81. The van der Waals surface area contributed by atoms with Gasteiger partial charge in [-0.25, -0.2) is 4.68 Å². The van der Waals surface area contributed by atoms with Crippen LogP contribution >= 0.6 is 0 Å². The molecule has 1 aromatic heterocycles. The Balaban J connectivity index is 1.79. The van der Waals surface area contributed by atoms with Crippen LogP contribution in [0.3, 0.4) is 0 Å². The lowest BCUT2D eigenvalue weighted by Crippen LogP contribution is -2.42. The van der Waals surface area contributed by atoms with Crippen molar-refractivity contribution < 1.29 is 4.79 Å². The second-order valence-corrected chi connectivity index (χ2v) is 6.29. The molecule has 6 heteroatoms. The number of rotatable bonds is 2. The predicted molar refractivity (Wildman–Crippen MR) is 80.2 cm³/mol. The number of hydrogen-bond donors (Lipinski definition) is 1. The quantitative estimate of drug-likeness (QED) is 0.897. The molecule has 2 saturated heterocycles. The molecule has 6 nitrogen and oxygen atoms in total.